The van der Waals surface area contributed by atoms with Gasteiger partial charge in [-0.05, 0) is 43.5 Å². The highest BCUT2D eigenvalue weighted by atomic mass is 16.5. The lowest BCUT2D eigenvalue weighted by molar-refractivity contribution is 0.343. The molecule has 3 nitrogen and oxygen atoms in total. The first-order valence-corrected chi connectivity index (χ1v) is 6.48. The summed E-state index contributed by atoms with van der Waals surface area (Å²) in [5.41, 5.74) is 7.89. The molecule has 0 bridgehead atoms. The summed E-state index contributed by atoms with van der Waals surface area (Å²) < 4.78 is 5.63. The summed E-state index contributed by atoms with van der Waals surface area (Å²) >= 11 is 0. The molecule has 2 rings (SSSR count). The molecule has 0 aliphatic rings. The van der Waals surface area contributed by atoms with E-state index in [9.17, 15) is 0 Å². The van der Waals surface area contributed by atoms with Crippen molar-refractivity contribution >= 4 is 10.9 Å². The second-order valence-corrected chi connectivity index (χ2v) is 4.46. The lowest BCUT2D eigenvalue weighted by atomic mass is 9.94. The van der Waals surface area contributed by atoms with Gasteiger partial charge in [-0.1, -0.05) is 19.1 Å². The van der Waals surface area contributed by atoms with Crippen LogP contribution in [-0.4, -0.2) is 18.1 Å². The Bertz CT molecular complexity index is 525. The second-order valence-electron chi connectivity index (χ2n) is 4.46. The number of nitrogens with two attached hydrogens (primary N) is 1. The average molecular weight is 244 g/mol. The Kier molecular flexibility index (Phi) is 4.15. The highest BCUT2D eigenvalue weighted by Gasteiger charge is 2.12. The molecule has 1 aromatic heterocycles. The van der Waals surface area contributed by atoms with Crippen LogP contribution in [0, 0.1) is 0 Å². The first-order valence-electron chi connectivity index (χ1n) is 6.48. The molecule has 1 aromatic carbocycles. The molecule has 18 heavy (non-hydrogen) atoms. The van der Waals surface area contributed by atoms with Crippen molar-refractivity contribution in [2.45, 2.75) is 26.2 Å². The lowest BCUT2D eigenvalue weighted by Gasteiger charge is -2.15. The first kappa shape index (κ1) is 12.8. The van der Waals surface area contributed by atoms with Crippen molar-refractivity contribution in [2.75, 3.05) is 13.2 Å². The molecule has 0 fully saturated rings. The van der Waals surface area contributed by atoms with E-state index in [0.29, 0.717) is 19.1 Å². The van der Waals surface area contributed by atoms with Gasteiger partial charge < -0.3 is 10.5 Å². The van der Waals surface area contributed by atoms with Crippen molar-refractivity contribution < 1.29 is 4.74 Å². The van der Waals surface area contributed by atoms with Crippen LogP contribution < -0.4 is 10.5 Å². The topological polar surface area (TPSA) is 48.1 Å². The second kappa shape index (κ2) is 5.83. The monoisotopic (exact) mass is 244 g/mol. The summed E-state index contributed by atoms with van der Waals surface area (Å²) in [5.74, 6) is 1.30. The van der Waals surface area contributed by atoms with Gasteiger partial charge in [0.05, 0.1) is 6.61 Å². The van der Waals surface area contributed by atoms with E-state index < -0.39 is 0 Å². The zero-order valence-corrected chi connectivity index (χ0v) is 11.0. The Morgan fingerprint density at radius 2 is 2.17 bits per heavy atom. The Hall–Kier alpha value is -1.61. The van der Waals surface area contributed by atoms with Crippen molar-refractivity contribution in [2.24, 2.45) is 5.73 Å². The van der Waals surface area contributed by atoms with Crippen LogP contribution in [0.4, 0.5) is 0 Å². The van der Waals surface area contributed by atoms with Crippen LogP contribution in [0.25, 0.3) is 10.9 Å². The summed E-state index contributed by atoms with van der Waals surface area (Å²) in [7, 11) is 0. The maximum atomic E-state index is 5.65. The fraction of sp³-hybridized carbons (Fsp3) is 0.400. The minimum absolute atomic E-state index is 0.442. The van der Waals surface area contributed by atoms with E-state index in [0.717, 1.165) is 17.7 Å². The zero-order chi connectivity index (χ0) is 13.0. The van der Waals surface area contributed by atoms with Crippen molar-refractivity contribution in [3.05, 3.63) is 36.0 Å². The first-order chi connectivity index (χ1) is 8.77. The molecular weight excluding hydrogens is 224 g/mol. The van der Waals surface area contributed by atoms with Gasteiger partial charge in [0.15, 0.2) is 0 Å². The maximum Gasteiger partial charge on any atom is 0.145 e. The van der Waals surface area contributed by atoms with Gasteiger partial charge in [0, 0.05) is 11.6 Å². The third kappa shape index (κ3) is 2.46. The van der Waals surface area contributed by atoms with Gasteiger partial charge >= 0.3 is 0 Å². The molecule has 0 saturated heterocycles. The molecule has 3 heteroatoms. The molecule has 0 saturated carbocycles. The smallest absolute Gasteiger partial charge is 0.145 e. The number of nitrogens with zero attached hydrogens (tertiary/aromatic N) is 1. The van der Waals surface area contributed by atoms with E-state index in [-0.39, 0.29) is 0 Å². The molecule has 0 amide bonds. The lowest BCUT2D eigenvalue weighted by Crippen LogP contribution is -2.05. The fourth-order valence-corrected chi connectivity index (χ4v) is 2.28. The Labute approximate surface area is 108 Å². The molecule has 0 spiro atoms. The summed E-state index contributed by atoms with van der Waals surface area (Å²) in [6, 6.07) is 8.22. The molecular formula is C15H20N2O. The van der Waals surface area contributed by atoms with E-state index >= 15 is 0 Å². The predicted octanol–water partition coefficient (Wildman–Crippen LogP) is 3.09. The minimum Gasteiger partial charge on any atom is -0.492 e. The molecule has 1 heterocycles. The van der Waals surface area contributed by atoms with Crippen LogP contribution in [-0.2, 0) is 0 Å². The molecule has 1 unspecified atom stereocenters. The van der Waals surface area contributed by atoms with Crippen molar-refractivity contribution in [3.63, 3.8) is 0 Å². The van der Waals surface area contributed by atoms with Crippen molar-refractivity contribution in [3.8, 4) is 5.75 Å². The number of pyridine rings is 1. The van der Waals surface area contributed by atoms with Crippen LogP contribution in [0.1, 0.15) is 31.7 Å². The fourth-order valence-electron chi connectivity index (χ4n) is 2.28. The van der Waals surface area contributed by atoms with Crippen LogP contribution in [0.3, 0.4) is 0 Å². The Morgan fingerprint density at radius 3 is 2.89 bits per heavy atom. The van der Waals surface area contributed by atoms with Crippen molar-refractivity contribution in [1.82, 2.24) is 4.98 Å². The van der Waals surface area contributed by atoms with E-state index in [2.05, 4.69) is 24.0 Å². The van der Waals surface area contributed by atoms with Crippen LogP contribution in [0.15, 0.2) is 30.5 Å². The van der Waals surface area contributed by atoms with Gasteiger partial charge in [-0.2, -0.15) is 0 Å². The number of aromatic nitrogens is 1. The van der Waals surface area contributed by atoms with Gasteiger partial charge in [-0.15, -0.1) is 0 Å². The van der Waals surface area contributed by atoms with Gasteiger partial charge in [-0.3, -0.25) is 4.98 Å². The quantitative estimate of drug-likeness (QED) is 0.879. The van der Waals surface area contributed by atoms with Crippen LogP contribution in [0.5, 0.6) is 5.75 Å². The number of hydrogen-bond donors (Lipinski definition) is 1. The van der Waals surface area contributed by atoms with E-state index in [1.54, 1.807) is 0 Å². The summed E-state index contributed by atoms with van der Waals surface area (Å²) in [4.78, 5) is 4.45. The molecule has 2 N–H and O–H groups in total. The van der Waals surface area contributed by atoms with E-state index in [4.69, 9.17) is 10.5 Å². The van der Waals surface area contributed by atoms with Crippen LogP contribution in [0.2, 0.25) is 0 Å². The van der Waals surface area contributed by atoms with Gasteiger partial charge in [0.2, 0.25) is 0 Å². The standard InChI is InChI=1S/C15H20N2O/c1-3-18-14-7-6-12(11(2)8-9-16)13-5-4-10-17-15(13)14/h4-7,10-11H,3,8-9,16H2,1-2H3. The normalized spacial score (nSPS) is 12.6. The summed E-state index contributed by atoms with van der Waals surface area (Å²) in [6.07, 6.45) is 2.79. The number of hydrogen-bond acceptors (Lipinski definition) is 3. The molecule has 0 aliphatic heterocycles. The summed E-state index contributed by atoms with van der Waals surface area (Å²) in [6.45, 7) is 5.55. The zero-order valence-electron chi connectivity index (χ0n) is 11.0. The van der Waals surface area contributed by atoms with E-state index in [1.807, 2.05) is 25.3 Å². The SMILES string of the molecule is CCOc1ccc(C(C)CCN)c2cccnc12. The highest BCUT2D eigenvalue weighted by molar-refractivity contribution is 5.87. The number of benzene rings is 1. The highest BCUT2D eigenvalue weighted by Crippen LogP contribution is 2.31. The molecule has 0 radical (unpaired) electrons. The van der Waals surface area contributed by atoms with Gasteiger partial charge in [0.25, 0.3) is 0 Å². The molecule has 96 valence electrons. The number of rotatable bonds is 5. The van der Waals surface area contributed by atoms with E-state index in [1.165, 1.54) is 10.9 Å². The number of fused-ring (bicyclic) bond motifs is 1. The van der Waals surface area contributed by atoms with Gasteiger partial charge in [-0.25, -0.2) is 0 Å². The molecule has 0 aliphatic carbocycles. The summed E-state index contributed by atoms with van der Waals surface area (Å²) in [5, 5.41) is 1.17. The Balaban J connectivity index is 2.53. The largest absolute Gasteiger partial charge is 0.492 e. The Morgan fingerprint density at radius 1 is 1.33 bits per heavy atom. The third-order valence-electron chi connectivity index (χ3n) is 3.20. The maximum absolute atomic E-state index is 5.65. The molecule has 1 atom stereocenters. The minimum atomic E-state index is 0.442. The van der Waals surface area contributed by atoms with Crippen LogP contribution >= 0.6 is 0 Å². The molecule has 2 aromatic rings. The van der Waals surface area contributed by atoms with Gasteiger partial charge in [0.1, 0.15) is 11.3 Å². The van der Waals surface area contributed by atoms with Crippen molar-refractivity contribution in [1.29, 1.82) is 0 Å². The predicted molar refractivity (Wildman–Crippen MR) is 75.0 cm³/mol. The average Bonchev–Trinajstić information content (AvgIpc) is 2.39. The third-order valence-corrected chi connectivity index (χ3v) is 3.20. The number of ether oxygens (including phenoxy) is 1.